The van der Waals surface area contributed by atoms with E-state index in [0.717, 1.165) is 18.7 Å². The van der Waals surface area contributed by atoms with Crippen LogP contribution in [0.3, 0.4) is 0 Å². The molecule has 94 valence electrons. The van der Waals surface area contributed by atoms with Crippen molar-refractivity contribution < 1.29 is 4.74 Å². The molecule has 0 aliphatic carbocycles. The number of ether oxygens (including phenoxy) is 1. The molecule has 1 unspecified atom stereocenters. The molecule has 1 aromatic carbocycles. The third kappa shape index (κ3) is 5.05. The molecule has 1 atom stereocenters. The van der Waals surface area contributed by atoms with Crippen LogP contribution in [0, 0.1) is 0 Å². The third-order valence-corrected chi connectivity index (χ3v) is 2.50. The van der Waals surface area contributed by atoms with E-state index in [4.69, 9.17) is 4.74 Å². The molecule has 0 fully saturated rings. The number of benzene rings is 1. The van der Waals surface area contributed by atoms with Crippen molar-refractivity contribution >= 4 is 0 Å². The van der Waals surface area contributed by atoms with E-state index in [-0.39, 0.29) is 6.10 Å². The van der Waals surface area contributed by atoms with Gasteiger partial charge < -0.3 is 10.1 Å². The van der Waals surface area contributed by atoms with Gasteiger partial charge in [0.25, 0.3) is 0 Å². The van der Waals surface area contributed by atoms with Gasteiger partial charge in [0.1, 0.15) is 5.75 Å². The Morgan fingerprint density at radius 1 is 1.29 bits per heavy atom. The van der Waals surface area contributed by atoms with E-state index in [1.54, 1.807) is 0 Å². The zero-order valence-corrected chi connectivity index (χ0v) is 11.1. The van der Waals surface area contributed by atoms with Gasteiger partial charge >= 0.3 is 0 Å². The third-order valence-electron chi connectivity index (χ3n) is 2.50. The smallest absolute Gasteiger partial charge is 0.124 e. The first-order valence-electron chi connectivity index (χ1n) is 6.22. The number of rotatable bonds is 7. The molecule has 0 saturated carbocycles. The summed E-state index contributed by atoms with van der Waals surface area (Å²) in [5, 5.41) is 3.46. The van der Waals surface area contributed by atoms with Crippen LogP contribution >= 0.6 is 0 Å². The highest BCUT2D eigenvalue weighted by atomic mass is 16.5. The van der Waals surface area contributed by atoms with Crippen molar-refractivity contribution in [3.63, 3.8) is 0 Å². The van der Waals surface area contributed by atoms with E-state index < -0.39 is 0 Å². The van der Waals surface area contributed by atoms with Crippen molar-refractivity contribution in [2.24, 2.45) is 0 Å². The van der Waals surface area contributed by atoms with Gasteiger partial charge in [0.2, 0.25) is 0 Å². The van der Waals surface area contributed by atoms with Gasteiger partial charge in [-0.1, -0.05) is 24.3 Å². The summed E-state index contributed by atoms with van der Waals surface area (Å²) in [5.74, 6) is 0.973. The van der Waals surface area contributed by atoms with Crippen molar-refractivity contribution in [3.05, 3.63) is 42.5 Å². The minimum atomic E-state index is 0.210. The molecule has 1 rings (SSSR count). The summed E-state index contributed by atoms with van der Waals surface area (Å²) >= 11 is 0. The average Bonchev–Trinajstić information content (AvgIpc) is 2.27. The predicted molar refractivity (Wildman–Crippen MR) is 73.3 cm³/mol. The van der Waals surface area contributed by atoms with Gasteiger partial charge in [0.15, 0.2) is 0 Å². The summed E-state index contributed by atoms with van der Waals surface area (Å²) in [6.07, 6.45) is 3.13. The molecule has 0 bridgehead atoms. The lowest BCUT2D eigenvalue weighted by Crippen LogP contribution is -2.25. The summed E-state index contributed by atoms with van der Waals surface area (Å²) in [5.41, 5.74) is 1.21. The zero-order chi connectivity index (χ0) is 12.7. The van der Waals surface area contributed by atoms with Gasteiger partial charge in [0, 0.05) is 18.2 Å². The van der Waals surface area contributed by atoms with Crippen molar-refractivity contribution in [3.8, 4) is 5.75 Å². The number of hydrogen-bond donors (Lipinski definition) is 1. The lowest BCUT2D eigenvalue weighted by Gasteiger charge is -2.16. The zero-order valence-electron chi connectivity index (χ0n) is 11.1. The van der Waals surface area contributed by atoms with Gasteiger partial charge in [0.05, 0.1) is 6.10 Å². The van der Waals surface area contributed by atoms with Crippen LogP contribution in [0.25, 0.3) is 0 Å². The fraction of sp³-hybridized carbons (Fsp3) is 0.467. The van der Waals surface area contributed by atoms with Crippen LogP contribution < -0.4 is 10.1 Å². The quantitative estimate of drug-likeness (QED) is 0.727. The maximum Gasteiger partial charge on any atom is 0.124 e. The first-order chi connectivity index (χ1) is 8.13. The van der Waals surface area contributed by atoms with Crippen molar-refractivity contribution in [1.29, 1.82) is 0 Å². The SMILES string of the molecule is C=CCC(C)NCc1ccccc1OC(C)C. The van der Waals surface area contributed by atoms with E-state index in [9.17, 15) is 0 Å². The van der Waals surface area contributed by atoms with E-state index in [1.807, 2.05) is 38.1 Å². The molecule has 2 nitrogen and oxygen atoms in total. The molecule has 17 heavy (non-hydrogen) atoms. The van der Waals surface area contributed by atoms with Crippen LogP contribution in [0.4, 0.5) is 0 Å². The van der Waals surface area contributed by atoms with E-state index in [1.165, 1.54) is 5.56 Å². The fourth-order valence-corrected chi connectivity index (χ4v) is 1.64. The predicted octanol–water partition coefficient (Wildman–Crippen LogP) is 3.53. The maximum atomic E-state index is 5.78. The van der Waals surface area contributed by atoms with Crippen LogP contribution in [-0.4, -0.2) is 12.1 Å². The molecular weight excluding hydrogens is 210 g/mol. The van der Waals surface area contributed by atoms with Gasteiger partial charge in [-0.15, -0.1) is 6.58 Å². The van der Waals surface area contributed by atoms with Gasteiger partial charge in [-0.25, -0.2) is 0 Å². The summed E-state index contributed by atoms with van der Waals surface area (Å²) < 4.78 is 5.78. The standard InChI is InChI=1S/C15H23NO/c1-5-8-13(4)16-11-14-9-6-7-10-15(14)17-12(2)3/h5-7,9-10,12-13,16H,1,8,11H2,2-4H3. The Hall–Kier alpha value is -1.28. The highest BCUT2D eigenvalue weighted by Gasteiger charge is 2.06. The van der Waals surface area contributed by atoms with Crippen LogP contribution in [0.2, 0.25) is 0 Å². The molecule has 0 heterocycles. The maximum absolute atomic E-state index is 5.78. The Morgan fingerprint density at radius 2 is 2.00 bits per heavy atom. The molecule has 0 aromatic heterocycles. The fourth-order valence-electron chi connectivity index (χ4n) is 1.64. The molecule has 1 aromatic rings. The Bertz CT molecular complexity index is 347. The molecule has 0 aliphatic rings. The number of hydrogen-bond acceptors (Lipinski definition) is 2. The Morgan fingerprint density at radius 3 is 2.65 bits per heavy atom. The molecule has 0 radical (unpaired) electrons. The molecule has 0 spiro atoms. The molecule has 0 amide bonds. The monoisotopic (exact) mass is 233 g/mol. The van der Waals surface area contributed by atoms with E-state index in [0.29, 0.717) is 6.04 Å². The Labute approximate surface area is 105 Å². The summed E-state index contributed by atoms with van der Waals surface area (Å²) in [4.78, 5) is 0. The van der Waals surface area contributed by atoms with Gasteiger partial charge in [-0.3, -0.25) is 0 Å². The highest BCUT2D eigenvalue weighted by Crippen LogP contribution is 2.19. The van der Waals surface area contributed by atoms with E-state index in [2.05, 4.69) is 24.9 Å². The Balaban J connectivity index is 2.60. The lowest BCUT2D eigenvalue weighted by molar-refractivity contribution is 0.239. The van der Waals surface area contributed by atoms with Crippen LogP contribution in [-0.2, 0) is 6.54 Å². The average molecular weight is 233 g/mol. The topological polar surface area (TPSA) is 21.3 Å². The first kappa shape index (κ1) is 13.8. The molecular formula is C15H23NO. The summed E-state index contributed by atoms with van der Waals surface area (Å²) in [6.45, 7) is 10.8. The Kier molecular flexibility index (Phi) is 5.78. The summed E-state index contributed by atoms with van der Waals surface area (Å²) in [7, 11) is 0. The van der Waals surface area contributed by atoms with Gasteiger partial charge in [-0.2, -0.15) is 0 Å². The molecule has 1 N–H and O–H groups in total. The second kappa shape index (κ2) is 7.13. The number of nitrogens with one attached hydrogen (secondary N) is 1. The second-order valence-corrected chi connectivity index (χ2v) is 4.58. The summed E-state index contributed by atoms with van der Waals surface area (Å²) in [6, 6.07) is 8.62. The lowest BCUT2D eigenvalue weighted by atomic mass is 10.1. The normalized spacial score (nSPS) is 12.5. The molecule has 2 heteroatoms. The van der Waals surface area contributed by atoms with Crippen LogP contribution in [0.1, 0.15) is 32.8 Å². The number of para-hydroxylation sites is 1. The minimum absolute atomic E-state index is 0.210. The second-order valence-electron chi connectivity index (χ2n) is 4.58. The minimum Gasteiger partial charge on any atom is -0.491 e. The van der Waals surface area contributed by atoms with Gasteiger partial charge in [-0.05, 0) is 33.3 Å². The first-order valence-corrected chi connectivity index (χ1v) is 6.22. The van der Waals surface area contributed by atoms with Crippen molar-refractivity contribution in [1.82, 2.24) is 5.32 Å². The largest absolute Gasteiger partial charge is 0.491 e. The van der Waals surface area contributed by atoms with Crippen LogP contribution in [0.5, 0.6) is 5.75 Å². The van der Waals surface area contributed by atoms with Crippen LogP contribution in [0.15, 0.2) is 36.9 Å². The van der Waals surface area contributed by atoms with Crippen molar-refractivity contribution in [2.45, 2.75) is 45.9 Å². The highest BCUT2D eigenvalue weighted by molar-refractivity contribution is 5.33. The molecule has 0 saturated heterocycles. The molecule has 0 aliphatic heterocycles. The van der Waals surface area contributed by atoms with Crippen molar-refractivity contribution in [2.75, 3.05) is 0 Å². The van der Waals surface area contributed by atoms with E-state index >= 15 is 0 Å².